The smallest absolute Gasteiger partial charge is 0.191 e. The largest absolute Gasteiger partial charge is 0.493 e. The number of guanidine groups is 1. The lowest BCUT2D eigenvalue weighted by Gasteiger charge is -2.43. The summed E-state index contributed by atoms with van der Waals surface area (Å²) in [5.41, 5.74) is 2.39. The van der Waals surface area contributed by atoms with Crippen LogP contribution in [0.15, 0.2) is 23.2 Å². The van der Waals surface area contributed by atoms with Gasteiger partial charge in [0.05, 0.1) is 6.61 Å². The molecule has 0 radical (unpaired) electrons. The van der Waals surface area contributed by atoms with E-state index in [9.17, 15) is 0 Å². The average Bonchev–Trinajstić information content (AvgIpc) is 2.73. The number of benzene rings is 1. The number of methoxy groups -OCH3 is 1. The zero-order chi connectivity index (χ0) is 21.1. The fourth-order valence-corrected chi connectivity index (χ4v) is 3.51. The van der Waals surface area contributed by atoms with Gasteiger partial charge in [-0.15, -0.1) is 0 Å². The molecule has 0 atom stereocenters. The van der Waals surface area contributed by atoms with Gasteiger partial charge in [0, 0.05) is 64.6 Å². The number of likely N-dealkylation sites (N-methyl/N-ethyl adjacent to an activating group) is 1. The fourth-order valence-electron chi connectivity index (χ4n) is 3.51. The summed E-state index contributed by atoms with van der Waals surface area (Å²) in [5, 5.41) is 6.93. The maximum absolute atomic E-state index is 5.99. The van der Waals surface area contributed by atoms with Gasteiger partial charge in [0.1, 0.15) is 5.75 Å². The molecule has 0 aromatic heterocycles. The summed E-state index contributed by atoms with van der Waals surface area (Å²) in [6, 6.07) is 6.31. The number of nitrogens with one attached hydrogen (secondary N) is 2. The molecule has 1 saturated heterocycles. The van der Waals surface area contributed by atoms with E-state index in [0.717, 1.165) is 56.3 Å². The van der Waals surface area contributed by atoms with Crippen molar-refractivity contribution < 1.29 is 14.2 Å². The highest BCUT2D eigenvalue weighted by atomic mass is 16.5. The molecule has 0 spiro atoms. The molecule has 7 nitrogen and oxygen atoms in total. The first-order valence-corrected chi connectivity index (χ1v) is 10.4. The highest BCUT2D eigenvalue weighted by Gasteiger charge is 2.34. The van der Waals surface area contributed by atoms with Gasteiger partial charge in [-0.05, 0) is 45.5 Å². The average molecular weight is 407 g/mol. The fraction of sp³-hybridized carbons (Fsp3) is 0.682. The second-order valence-corrected chi connectivity index (χ2v) is 7.82. The molecule has 2 rings (SSSR count). The molecule has 0 unspecified atom stereocenters. The Kier molecular flexibility index (Phi) is 9.70. The van der Waals surface area contributed by atoms with Gasteiger partial charge < -0.3 is 29.7 Å². The van der Waals surface area contributed by atoms with Crippen LogP contribution >= 0.6 is 0 Å². The number of hydrogen-bond donors (Lipinski definition) is 2. The van der Waals surface area contributed by atoms with Crippen LogP contribution in [0.5, 0.6) is 5.75 Å². The van der Waals surface area contributed by atoms with Crippen LogP contribution in [0, 0.1) is 6.92 Å². The summed E-state index contributed by atoms with van der Waals surface area (Å²) in [4.78, 5) is 6.71. The van der Waals surface area contributed by atoms with Gasteiger partial charge in [0.15, 0.2) is 5.96 Å². The second-order valence-electron chi connectivity index (χ2n) is 7.82. The summed E-state index contributed by atoms with van der Waals surface area (Å²) in [5.74, 6) is 1.71. The zero-order valence-corrected chi connectivity index (χ0v) is 18.7. The van der Waals surface area contributed by atoms with Crippen LogP contribution in [-0.4, -0.2) is 77.6 Å². The van der Waals surface area contributed by atoms with E-state index in [0.29, 0.717) is 19.8 Å². The van der Waals surface area contributed by atoms with Gasteiger partial charge in [-0.2, -0.15) is 0 Å². The number of rotatable bonds is 10. The third-order valence-corrected chi connectivity index (χ3v) is 5.60. The molecule has 0 bridgehead atoms. The molecule has 1 aliphatic heterocycles. The maximum atomic E-state index is 5.99. The molecular weight excluding hydrogens is 368 g/mol. The van der Waals surface area contributed by atoms with Gasteiger partial charge in [0.2, 0.25) is 0 Å². The topological polar surface area (TPSA) is 67.4 Å². The summed E-state index contributed by atoms with van der Waals surface area (Å²) in [6.45, 7) is 6.51. The molecule has 1 heterocycles. The molecule has 29 heavy (non-hydrogen) atoms. The molecule has 164 valence electrons. The van der Waals surface area contributed by atoms with Crippen LogP contribution in [0.3, 0.4) is 0 Å². The molecule has 1 aromatic rings. The molecule has 1 aliphatic rings. The first-order valence-electron chi connectivity index (χ1n) is 10.4. The Hall–Kier alpha value is -1.83. The first kappa shape index (κ1) is 23.4. The van der Waals surface area contributed by atoms with Gasteiger partial charge in [-0.1, -0.05) is 12.1 Å². The van der Waals surface area contributed by atoms with Crippen LogP contribution in [0.1, 0.15) is 30.4 Å². The van der Waals surface area contributed by atoms with Crippen molar-refractivity contribution in [2.75, 3.05) is 61.2 Å². The third kappa shape index (κ3) is 7.17. The Balaban J connectivity index is 1.93. The van der Waals surface area contributed by atoms with Gasteiger partial charge in [0.25, 0.3) is 0 Å². The van der Waals surface area contributed by atoms with Crippen molar-refractivity contribution in [3.8, 4) is 5.75 Å². The minimum absolute atomic E-state index is 0.0926. The summed E-state index contributed by atoms with van der Waals surface area (Å²) in [7, 11) is 7.80. The Labute approximate surface area is 175 Å². The van der Waals surface area contributed by atoms with Crippen molar-refractivity contribution in [1.29, 1.82) is 0 Å². The van der Waals surface area contributed by atoms with E-state index in [1.807, 2.05) is 0 Å². The standard InChI is InChI=1S/C22H38N4O3/c1-18-7-8-19(20(15-18)29-12-6-11-27-5)16-24-21(23-2)25-17-22(26(3)4)9-13-28-14-10-22/h7-8,15H,6,9-14,16-17H2,1-5H3,(H2,23,24,25). The van der Waals surface area contributed by atoms with E-state index in [1.54, 1.807) is 14.2 Å². The Morgan fingerprint density at radius 2 is 1.97 bits per heavy atom. The number of aliphatic imine (C=N–C) groups is 1. The van der Waals surface area contributed by atoms with Gasteiger partial charge in [-0.3, -0.25) is 4.99 Å². The van der Waals surface area contributed by atoms with Crippen molar-refractivity contribution in [1.82, 2.24) is 15.5 Å². The Morgan fingerprint density at radius 3 is 2.62 bits per heavy atom. The molecular formula is C22H38N4O3. The van der Waals surface area contributed by atoms with Crippen molar-refractivity contribution in [2.24, 2.45) is 4.99 Å². The van der Waals surface area contributed by atoms with Crippen molar-refractivity contribution in [2.45, 2.75) is 38.3 Å². The summed E-state index contributed by atoms with van der Waals surface area (Å²) < 4.78 is 16.7. The van der Waals surface area contributed by atoms with Crippen LogP contribution in [0.2, 0.25) is 0 Å². The van der Waals surface area contributed by atoms with Crippen molar-refractivity contribution >= 4 is 5.96 Å². The van der Waals surface area contributed by atoms with Crippen LogP contribution in [0.25, 0.3) is 0 Å². The van der Waals surface area contributed by atoms with E-state index < -0.39 is 0 Å². The predicted molar refractivity (Wildman–Crippen MR) is 118 cm³/mol. The van der Waals surface area contributed by atoms with Crippen LogP contribution < -0.4 is 15.4 Å². The van der Waals surface area contributed by atoms with Crippen molar-refractivity contribution in [3.63, 3.8) is 0 Å². The van der Waals surface area contributed by atoms with Crippen LogP contribution in [-0.2, 0) is 16.0 Å². The van der Waals surface area contributed by atoms with E-state index in [-0.39, 0.29) is 5.54 Å². The second kappa shape index (κ2) is 12.0. The Morgan fingerprint density at radius 1 is 1.21 bits per heavy atom. The summed E-state index contributed by atoms with van der Waals surface area (Å²) >= 11 is 0. The van der Waals surface area contributed by atoms with E-state index >= 15 is 0 Å². The van der Waals surface area contributed by atoms with Crippen LogP contribution in [0.4, 0.5) is 0 Å². The number of hydrogen-bond acceptors (Lipinski definition) is 5. The predicted octanol–water partition coefficient (Wildman–Crippen LogP) is 2.19. The lowest BCUT2D eigenvalue weighted by Crippen LogP contribution is -2.57. The summed E-state index contributed by atoms with van der Waals surface area (Å²) in [6.07, 6.45) is 2.90. The third-order valence-electron chi connectivity index (χ3n) is 5.60. The minimum Gasteiger partial charge on any atom is -0.493 e. The normalized spacial score (nSPS) is 16.7. The molecule has 0 saturated carbocycles. The SMILES string of the molecule is CN=C(NCc1ccc(C)cc1OCCCOC)NCC1(N(C)C)CCOCC1. The van der Waals surface area contributed by atoms with E-state index in [2.05, 4.69) is 59.7 Å². The zero-order valence-electron chi connectivity index (χ0n) is 18.7. The first-order chi connectivity index (χ1) is 14.0. The number of nitrogens with zero attached hydrogens (tertiary/aromatic N) is 2. The van der Waals surface area contributed by atoms with Crippen molar-refractivity contribution in [3.05, 3.63) is 29.3 Å². The highest BCUT2D eigenvalue weighted by Crippen LogP contribution is 2.25. The molecule has 1 fully saturated rings. The molecule has 2 N–H and O–H groups in total. The van der Waals surface area contributed by atoms with E-state index in [1.165, 1.54) is 5.56 Å². The number of aryl methyl sites for hydroxylation is 1. The quantitative estimate of drug-likeness (QED) is 0.353. The lowest BCUT2D eigenvalue weighted by molar-refractivity contribution is -0.00501. The monoisotopic (exact) mass is 406 g/mol. The number of ether oxygens (including phenoxy) is 3. The highest BCUT2D eigenvalue weighted by molar-refractivity contribution is 5.79. The molecule has 1 aromatic carbocycles. The van der Waals surface area contributed by atoms with Gasteiger partial charge >= 0.3 is 0 Å². The maximum Gasteiger partial charge on any atom is 0.191 e. The molecule has 0 aliphatic carbocycles. The minimum atomic E-state index is 0.0926. The lowest BCUT2D eigenvalue weighted by atomic mass is 9.88. The molecule has 7 heteroatoms. The van der Waals surface area contributed by atoms with E-state index in [4.69, 9.17) is 14.2 Å². The Bertz CT molecular complexity index is 643. The van der Waals surface area contributed by atoms with Gasteiger partial charge in [-0.25, -0.2) is 0 Å². The molecule has 0 amide bonds.